The number of ether oxygens (including phenoxy) is 2. The summed E-state index contributed by atoms with van der Waals surface area (Å²) in [5, 5.41) is 4.34. The maximum atomic E-state index is 5.33. The zero-order chi connectivity index (χ0) is 11.5. The fourth-order valence-electron chi connectivity index (χ4n) is 1.64. The summed E-state index contributed by atoms with van der Waals surface area (Å²) in [5.41, 5.74) is 1.85. The summed E-state index contributed by atoms with van der Waals surface area (Å²) in [6.45, 7) is 1.92. The Morgan fingerprint density at radius 3 is 2.31 bits per heavy atom. The van der Waals surface area contributed by atoms with Crippen molar-refractivity contribution in [2.45, 2.75) is 6.92 Å². The first-order valence-electron chi connectivity index (χ1n) is 5.01. The number of benzene rings is 1. The summed E-state index contributed by atoms with van der Waals surface area (Å²) < 4.78 is 12.2. The van der Waals surface area contributed by atoms with Crippen LogP contribution in [0.3, 0.4) is 0 Å². The predicted octanol–water partition coefficient (Wildman–Crippen LogP) is 2.20. The van der Waals surface area contributed by atoms with Crippen LogP contribution in [0.4, 0.5) is 0 Å². The van der Waals surface area contributed by atoms with Crippen LogP contribution < -0.4 is 9.47 Å². The van der Waals surface area contributed by atoms with E-state index >= 15 is 0 Å². The van der Waals surface area contributed by atoms with Gasteiger partial charge in [0.25, 0.3) is 0 Å². The molecule has 84 valence electrons. The first-order chi connectivity index (χ1) is 7.77. The third kappa shape index (κ3) is 1.62. The molecule has 4 heteroatoms. The highest BCUT2D eigenvalue weighted by atomic mass is 16.5. The van der Waals surface area contributed by atoms with E-state index in [9.17, 15) is 0 Å². The van der Waals surface area contributed by atoms with Crippen LogP contribution in [0.2, 0.25) is 0 Å². The molecule has 0 fully saturated rings. The lowest BCUT2D eigenvalue weighted by Gasteiger charge is -2.05. The Balaban J connectivity index is 2.57. The molecule has 2 aromatic rings. The van der Waals surface area contributed by atoms with Gasteiger partial charge in [-0.05, 0) is 19.1 Å². The van der Waals surface area contributed by atoms with E-state index in [2.05, 4.69) is 5.10 Å². The maximum Gasteiger partial charge on any atom is 0.239 e. The first-order valence-corrected chi connectivity index (χ1v) is 5.01. The second kappa shape index (κ2) is 4.26. The van der Waals surface area contributed by atoms with Crippen LogP contribution in [0, 0.1) is 6.92 Å². The molecule has 0 atom stereocenters. The summed E-state index contributed by atoms with van der Waals surface area (Å²) >= 11 is 0. The van der Waals surface area contributed by atoms with E-state index in [1.807, 2.05) is 37.3 Å². The number of methoxy groups -OCH3 is 2. The zero-order valence-electron chi connectivity index (χ0n) is 9.60. The van der Waals surface area contributed by atoms with Crippen LogP contribution in [-0.4, -0.2) is 24.0 Å². The van der Waals surface area contributed by atoms with Crippen molar-refractivity contribution in [3.63, 3.8) is 0 Å². The molecular formula is C12H14N2O2. The Morgan fingerprint density at radius 2 is 1.75 bits per heavy atom. The minimum absolute atomic E-state index is 0.584. The lowest BCUT2D eigenvalue weighted by Crippen LogP contribution is -1.99. The van der Waals surface area contributed by atoms with Gasteiger partial charge in [0.05, 0.1) is 25.5 Å². The molecule has 0 unspecified atom stereocenters. The molecule has 0 radical (unpaired) electrons. The van der Waals surface area contributed by atoms with Crippen molar-refractivity contribution < 1.29 is 9.47 Å². The molecular weight excluding hydrogens is 204 g/mol. The van der Waals surface area contributed by atoms with Crippen LogP contribution >= 0.6 is 0 Å². The van der Waals surface area contributed by atoms with Gasteiger partial charge in [-0.15, -0.1) is 5.10 Å². The van der Waals surface area contributed by atoms with Crippen LogP contribution in [0.25, 0.3) is 5.69 Å². The highest BCUT2D eigenvalue weighted by molar-refractivity contribution is 5.42. The lowest BCUT2D eigenvalue weighted by molar-refractivity contribution is 0.381. The van der Waals surface area contributed by atoms with Crippen LogP contribution in [0.15, 0.2) is 30.3 Å². The molecule has 1 heterocycles. The van der Waals surface area contributed by atoms with E-state index in [-0.39, 0.29) is 0 Å². The Morgan fingerprint density at radius 1 is 1.06 bits per heavy atom. The number of nitrogens with zero attached hydrogens (tertiary/aromatic N) is 2. The summed E-state index contributed by atoms with van der Waals surface area (Å²) in [6.07, 6.45) is 0. The molecule has 0 spiro atoms. The minimum atomic E-state index is 0.584. The van der Waals surface area contributed by atoms with Crippen molar-refractivity contribution in [3.8, 4) is 17.4 Å². The second-order valence-electron chi connectivity index (χ2n) is 3.39. The van der Waals surface area contributed by atoms with Gasteiger partial charge < -0.3 is 9.47 Å². The normalized spacial score (nSPS) is 10.2. The predicted molar refractivity (Wildman–Crippen MR) is 61.4 cm³/mol. The molecule has 4 nitrogen and oxygen atoms in total. The number of para-hydroxylation sites is 1. The zero-order valence-corrected chi connectivity index (χ0v) is 9.60. The molecule has 2 rings (SSSR count). The lowest BCUT2D eigenvalue weighted by atomic mass is 10.3. The highest BCUT2D eigenvalue weighted by Gasteiger charge is 2.16. The fraction of sp³-hybridized carbons (Fsp3) is 0.250. The van der Waals surface area contributed by atoms with Crippen molar-refractivity contribution in [1.82, 2.24) is 9.78 Å². The molecule has 0 saturated carbocycles. The highest BCUT2D eigenvalue weighted by Crippen LogP contribution is 2.29. The molecule has 1 aromatic heterocycles. The van der Waals surface area contributed by atoms with E-state index in [0.29, 0.717) is 11.8 Å². The van der Waals surface area contributed by atoms with E-state index in [1.54, 1.807) is 18.9 Å². The van der Waals surface area contributed by atoms with Gasteiger partial charge in [0.1, 0.15) is 0 Å². The Kier molecular flexibility index (Phi) is 2.81. The van der Waals surface area contributed by atoms with Crippen molar-refractivity contribution >= 4 is 0 Å². The third-order valence-corrected chi connectivity index (χ3v) is 2.41. The van der Waals surface area contributed by atoms with Crippen molar-refractivity contribution in [2.75, 3.05) is 14.2 Å². The molecule has 0 N–H and O–H groups in total. The number of hydrogen-bond acceptors (Lipinski definition) is 3. The quantitative estimate of drug-likeness (QED) is 0.792. The monoisotopic (exact) mass is 218 g/mol. The summed E-state index contributed by atoms with van der Waals surface area (Å²) in [4.78, 5) is 0. The molecule has 0 aliphatic carbocycles. The fourth-order valence-corrected chi connectivity index (χ4v) is 1.64. The van der Waals surface area contributed by atoms with Gasteiger partial charge in [-0.25, -0.2) is 0 Å². The number of aromatic nitrogens is 2. The average Bonchev–Trinajstić information content (AvgIpc) is 2.66. The van der Waals surface area contributed by atoms with E-state index < -0.39 is 0 Å². The SMILES string of the molecule is COc1nn(-c2ccccc2)c(OC)c1C. The standard InChI is InChI=1S/C12H14N2O2/c1-9-11(15-2)13-14(12(9)16-3)10-7-5-4-6-8-10/h4-8H,1-3H3. The summed E-state index contributed by atoms with van der Waals surface area (Å²) in [5.74, 6) is 1.28. The van der Waals surface area contributed by atoms with Crippen LogP contribution in [0.5, 0.6) is 11.8 Å². The summed E-state index contributed by atoms with van der Waals surface area (Å²) in [6, 6.07) is 9.81. The first kappa shape index (κ1) is 10.5. The van der Waals surface area contributed by atoms with Gasteiger partial charge in [0.15, 0.2) is 0 Å². The Bertz CT molecular complexity index is 477. The van der Waals surface area contributed by atoms with Crippen LogP contribution in [0.1, 0.15) is 5.56 Å². The van der Waals surface area contributed by atoms with Gasteiger partial charge in [-0.3, -0.25) is 0 Å². The largest absolute Gasteiger partial charge is 0.481 e. The Hall–Kier alpha value is -1.97. The van der Waals surface area contributed by atoms with Crippen LogP contribution in [-0.2, 0) is 0 Å². The van der Waals surface area contributed by atoms with Gasteiger partial charge >= 0.3 is 0 Å². The third-order valence-electron chi connectivity index (χ3n) is 2.41. The number of hydrogen-bond donors (Lipinski definition) is 0. The minimum Gasteiger partial charge on any atom is -0.481 e. The van der Waals surface area contributed by atoms with E-state index in [0.717, 1.165) is 11.3 Å². The topological polar surface area (TPSA) is 36.3 Å². The maximum absolute atomic E-state index is 5.33. The molecule has 1 aromatic carbocycles. The van der Waals surface area contributed by atoms with Gasteiger partial charge in [-0.2, -0.15) is 4.68 Å². The molecule has 0 aliphatic heterocycles. The molecule has 0 bridgehead atoms. The Labute approximate surface area is 94.4 Å². The van der Waals surface area contributed by atoms with Crippen molar-refractivity contribution in [2.24, 2.45) is 0 Å². The van der Waals surface area contributed by atoms with Gasteiger partial charge in [0.2, 0.25) is 11.8 Å². The summed E-state index contributed by atoms with van der Waals surface area (Å²) in [7, 11) is 3.23. The van der Waals surface area contributed by atoms with E-state index in [4.69, 9.17) is 9.47 Å². The molecule has 0 amide bonds. The smallest absolute Gasteiger partial charge is 0.239 e. The molecule has 16 heavy (non-hydrogen) atoms. The average molecular weight is 218 g/mol. The van der Waals surface area contributed by atoms with Gasteiger partial charge in [0, 0.05) is 0 Å². The second-order valence-corrected chi connectivity index (χ2v) is 3.39. The molecule has 0 aliphatic rings. The molecule has 0 saturated heterocycles. The van der Waals surface area contributed by atoms with Gasteiger partial charge in [-0.1, -0.05) is 18.2 Å². The van der Waals surface area contributed by atoms with Crippen molar-refractivity contribution in [3.05, 3.63) is 35.9 Å². The van der Waals surface area contributed by atoms with Crippen molar-refractivity contribution in [1.29, 1.82) is 0 Å². The number of rotatable bonds is 3. The van der Waals surface area contributed by atoms with E-state index in [1.165, 1.54) is 0 Å².